The van der Waals surface area contributed by atoms with E-state index in [1.165, 1.54) is 65.4 Å². The van der Waals surface area contributed by atoms with Crippen LogP contribution in [0.3, 0.4) is 0 Å². The molecule has 2 amide bonds. The minimum atomic E-state index is -1.07. The first kappa shape index (κ1) is 28.3. The van der Waals surface area contributed by atoms with Gasteiger partial charge in [-0.15, -0.1) is 0 Å². The minimum absolute atomic E-state index is 0.0338. The zero-order valence-corrected chi connectivity index (χ0v) is 20.5. The van der Waals surface area contributed by atoms with Crippen LogP contribution < -0.4 is 0 Å². The number of nitrogens with zero attached hydrogens (tertiary/aromatic N) is 4. The second-order valence-corrected chi connectivity index (χ2v) is 8.84. The zero-order chi connectivity index (χ0) is 27.8. The number of nitro benzene ring substituents is 2. The van der Waals surface area contributed by atoms with Gasteiger partial charge in [-0.1, -0.05) is 0 Å². The standard InChI is InChI=1S/C24H28N4O10/c1-25(23(31)37-14-16-2-6-18(7-3-16)27(33)34)11-10-22(30)21-12-20(29)13-26(21)24(32)38-15-17-4-8-19(9-5-17)28(35)36/h2-9,20-22,29-30H,10-15H2,1H3/t20-,21+,22-/m1/s1. The molecule has 2 aromatic rings. The molecule has 1 aliphatic rings. The van der Waals surface area contributed by atoms with Gasteiger partial charge in [0, 0.05) is 37.9 Å². The number of aliphatic hydroxyl groups excluding tert-OH is 2. The summed E-state index contributed by atoms with van der Waals surface area (Å²) in [6.45, 7) is -0.172. The molecule has 0 aliphatic carbocycles. The second-order valence-electron chi connectivity index (χ2n) is 8.84. The quantitative estimate of drug-likeness (QED) is 0.340. The van der Waals surface area contributed by atoms with E-state index in [1.54, 1.807) is 0 Å². The Balaban J connectivity index is 1.46. The summed E-state index contributed by atoms with van der Waals surface area (Å²) >= 11 is 0. The third-order valence-corrected chi connectivity index (χ3v) is 6.09. The number of carbonyl (C=O) groups is 2. The zero-order valence-electron chi connectivity index (χ0n) is 20.5. The van der Waals surface area contributed by atoms with Crippen LogP contribution in [0.15, 0.2) is 48.5 Å². The molecule has 0 radical (unpaired) electrons. The van der Waals surface area contributed by atoms with Crippen LogP contribution in [0.1, 0.15) is 24.0 Å². The monoisotopic (exact) mass is 532 g/mol. The maximum absolute atomic E-state index is 12.6. The van der Waals surface area contributed by atoms with Gasteiger partial charge in [0.2, 0.25) is 0 Å². The molecule has 3 atom stereocenters. The molecule has 0 saturated carbocycles. The first-order valence-corrected chi connectivity index (χ1v) is 11.7. The lowest BCUT2D eigenvalue weighted by molar-refractivity contribution is -0.385. The topological polar surface area (TPSA) is 186 Å². The van der Waals surface area contributed by atoms with Crippen molar-refractivity contribution in [1.29, 1.82) is 0 Å². The van der Waals surface area contributed by atoms with Crippen LogP contribution in [-0.4, -0.2) is 80.4 Å². The molecule has 14 nitrogen and oxygen atoms in total. The number of nitro groups is 2. The van der Waals surface area contributed by atoms with E-state index in [4.69, 9.17) is 9.47 Å². The SMILES string of the molecule is CN(CC[C@@H](O)[C@@H]1C[C@@H](O)CN1C(=O)OCc1ccc([N+](=O)[O-])cc1)C(=O)OCc1ccc([N+](=O)[O-])cc1. The fourth-order valence-corrected chi connectivity index (χ4v) is 3.94. The number of amides is 2. The smallest absolute Gasteiger partial charge is 0.410 e. The Labute approximate surface area is 217 Å². The van der Waals surface area contributed by atoms with Crippen molar-refractivity contribution in [2.75, 3.05) is 20.1 Å². The number of ether oxygens (including phenoxy) is 2. The van der Waals surface area contributed by atoms with Gasteiger partial charge < -0.3 is 24.6 Å². The highest BCUT2D eigenvalue weighted by Crippen LogP contribution is 2.24. The van der Waals surface area contributed by atoms with E-state index in [0.717, 1.165) is 0 Å². The number of non-ortho nitro benzene ring substituents is 2. The predicted octanol–water partition coefficient (Wildman–Crippen LogP) is 2.59. The fourth-order valence-electron chi connectivity index (χ4n) is 3.94. The van der Waals surface area contributed by atoms with Crippen LogP contribution >= 0.6 is 0 Å². The van der Waals surface area contributed by atoms with E-state index in [-0.39, 0.29) is 50.5 Å². The molecule has 0 spiro atoms. The number of likely N-dealkylation sites (tertiary alicyclic amines) is 1. The Bertz CT molecular complexity index is 1140. The van der Waals surface area contributed by atoms with E-state index in [9.17, 15) is 40.0 Å². The molecule has 38 heavy (non-hydrogen) atoms. The summed E-state index contributed by atoms with van der Waals surface area (Å²) in [5.41, 5.74) is 0.938. The largest absolute Gasteiger partial charge is 0.445 e. The van der Waals surface area contributed by atoms with E-state index < -0.39 is 40.3 Å². The number of hydrogen-bond donors (Lipinski definition) is 2. The fraction of sp³-hybridized carbons (Fsp3) is 0.417. The Morgan fingerprint density at radius 3 is 2.00 bits per heavy atom. The summed E-state index contributed by atoms with van der Waals surface area (Å²) in [4.78, 5) is 47.8. The van der Waals surface area contributed by atoms with Gasteiger partial charge in [-0.05, 0) is 48.2 Å². The van der Waals surface area contributed by atoms with Gasteiger partial charge in [0.1, 0.15) is 13.2 Å². The number of hydrogen-bond acceptors (Lipinski definition) is 10. The van der Waals surface area contributed by atoms with Crippen LogP contribution in [0, 0.1) is 20.2 Å². The highest BCUT2D eigenvalue weighted by molar-refractivity contribution is 5.69. The van der Waals surface area contributed by atoms with Crippen LogP contribution in [0.2, 0.25) is 0 Å². The molecule has 0 unspecified atom stereocenters. The van der Waals surface area contributed by atoms with Crippen LogP contribution in [0.25, 0.3) is 0 Å². The Morgan fingerprint density at radius 1 is 1.00 bits per heavy atom. The molecular formula is C24H28N4O10. The summed E-state index contributed by atoms with van der Waals surface area (Å²) < 4.78 is 10.5. The van der Waals surface area contributed by atoms with Crippen molar-refractivity contribution in [2.45, 2.75) is 44.3 Å². The molecular weight excluding hydrogens is 504 g/mol. The molecule has 2 aromatic carbocycles. The van der Waals surface area contributed by atoms with Crippen molar-refractivity contribution in [2.24, 2.45) is 0 Å². The van der Waals surface area contributed by atoms with Crippen LogP contribution in [-0.2, 0) is 22.7 Å². The van der Waals surface area contributed by atoms with Crippen LogP contribution in [0.4, 0.5) is 21.0 Å². The number of benzene rings is 2. The van der Waals surface area contributed by atoms with Gasteiger partial charge in [-0.2, -0.15) is 0 Å². The summed E-state index contributed by atoms with van der Waals surface area (Å²) in [5, 5.41) is 42.3. The van der Waals surface area contributed by atoms with Gasteiger partial charge in [0.25, 0.3) is 11.4 Å². The van der Waals surface area contributed by atoms with Gasteiger partial charge in [0.05, 0.1) is 34.6 Å². The summed E-state index contributed by atoms with van der Waals surface area (Å²) in [6, 6.07) is 10.4. The lowest BCUT2D eigenvalue weighted by Gasteiger charge is -2.28. The van der Waals surface area contributed by atoms with Gasteiger partial charge in [0.15, 0.2) is 0 Å². The Kier molecular flexibility index (Phi) is 9.51. The third kappa shape index (κ3) is 7.60. The van der Waals surface area contributed by atoms with Crippen molar-refractivity contribution in [3.63, 3.8) is 0 Å². The highest BCUT2D eigenvalue weighted by atomic mass is 16.6. The summed E-state index contributed by atoms with van der Waals surface area (Å²) in [5.74, 6) is 0. The highest BCUT2D eigenvalue weighted by Gasteiger charge is 2.39. The molecule has 204 valence electrons. The van der Waals surface area contributed by atoms with E-state index in [2.05, 4.69) is 0 Å². The molecule has 0 bridgehead atoms. The maximum Gasteiger partial charge on any atom is 0.410 e. The van der Waals surface area contributed by atoms with E-state index in [0.29, 0.717) is 11.1 Å². The Morgan fingerprint density at radius 2 is 1.50 bits per heavy atom. The number of carbonyl (C=O) groups excluding carboxylic acids is 2. The van der Waals surface area contributed by atoms with Gasteiger partial charge in [-0.3, -0.25) is 25.1 Å². The van der Waals surface area contributed by atoms with Gasteiger partial charge >= 0.3 is 12.2 Å². The minimum Gasteiger partial charge on any atom is -0.445 e. The molecule has 1 saturated heterocycles. The molecule has 1 heterocycles. The molecule has 1 fully saturated rings. The maximum atomic E-state index is 12.6. The molecule has 3 rings (SSSR count). The van der Waals surface area contributed by atoms with Crippen molar-refractivity contribution in [3.05, 3.63) is 79.9 Å². The van der Waals surface area contributed by atoms with Gasteiger partial charge in [-0.25, -0.2) is 9.59 Å². The summed E-state index contributed by atoms with van der Waals surface area (Å²) in [6.07, 6.45) is -3.12. The number of rotatable bonds is 10. The molecule has 14 heteroatoms. The molecule has 2 N–H and O–H groups in total. The average Bonchev–Trinajstić information content (AvgIpc) is 3.31. The van der Waals surface area contributed by atoms with Crippen molar-refractivity contribution in [1.82, 2.24) is 9.80 Å². The first-order chi connectivity index (χ1) is 18.0. The van der Waals surface area contributed by atoms with Crippen molar-refractivity contribution < 1.29 is 39.1 Å². The Hall–Kier alpha value is -4.30. The predicted molar refractivity (Wildman–Crippen MR) is 131 cm³/mol. The average molecular weight is 533 g/mol. The van der Waals surface area contributed by atoms with Crippen LogP contribution in [0.5, 0.6) is 0 Å². The normalized spacial score (nSPS) is 17.5. The molecule has 1 aliphatic heterocycles. The second kappa shape index (κ2) is 12.8. The third-order valence-electron chi connectivity index (χ3n) is 6.09. The molecule has 0 aromatic heterocycles. The first-order valence-electron chi connectivity index (χ1n) is 11.7. The van der Waals surface area contributed by atoms with Crippen molar-refractivity contribution in [3.8, 4) is 0 Å². The van der Waals surface area contributed by atoms with Crippen molar-refractivity contribution >= 4 is 23.6 Å². The van der Waals surface area contributed by atoms with E-state index >= 15 is 0 Å². The lowest BCUT2D eigenvalue weighted by Crippen LogP contribution is -2.44. The number of β-amino-alcohol motifs (C(OH)–C–C–N with tert-alkyl or cyclic N) is 1. The van der Waals surface area contributed by atoms with E-state index in [1.807, 2.05) is 0 Å². The summed E-state index contributed by atoms with van der Waals surface area (Å²) in [7, 11) is 1.48. The lowest BCUT2D eigenvalue weighted by atomic mass is 10.0. The number of aliphatic hydroxyl groups is 2.